The van der Waals surface area contributed by atoms with Crippen molar-refractivity contribution in [2.75, 3.05) is 7.05 Å². The lowest BCUT2D eigenvalue weighted by Crippen LogP contribution is -2.14. The molecule has 1 rings (SSSR count). The second-order valence-corrected chi connectivity index (χ2v) is 4.81. The molecule has 1 aromatic carbocycles. The Bertz CT molecular complexity index is 355. The van der Waals surface area contributed by atoms with Gasteiger partial charge >= 0.3 is 5.97 Å². The molecule has 0 spiro atoms. The van der Waals surface area contributed by atoms with Gasteiger partial charge in [-0.3, -0.25) is 4.79 Å². The lowest BCUT2D eigenvalue weighted by atomic mass is 10.2. The van der Waals surface area contributed by atoms with E-state index in [0.717, 1.165) is 11.4 Å². The van der Waals surface area contributed by atoms with Gasteiger partial charge in [0.1, 0.15) is 5.25 Å². The molecule has 1 aromatic rings. The zero-order valence-corrected chi connectivity index (χ0v) is 10.4. The van der Waals surface area contributed by atoms with Gasteiger partial charge in [0.2, 0.25) is 0 Å². The van der Waals surface area contributed by atoms with E-state index in [4.69, 9.17) is 5.11 Å². The molecule has 88 valence electrons. The minimum absolute atomic E-state index is 0.357. The first kappa shape index (κ1) is 13.1. The first-order chi connectivity index (χ1) is 7.67. The Morgan fingerprint density at radius 3 is 2.88 bits per heavy atom. The van der Waals surface area contributed by atoms with Crippen molar-refractivity contribution in [2.24, 2.45) is 0 Å². The fourth-order valence-corrected chi connectivity index (χ4v) is 2.38. The average molecular weight is 239 g/mol. The Balaban J connectivity index is 2.72. The molecule has 4 heteroatoms. The average Bonchev–Trinajstić information content (AvgIpc) is 2.26. The fourth-order valence-electron chi connectivity index (χ4n) is 1.41. The van der Waals surface area contributed by atoms with Crippen LogP contribution in [0.2, 0.25) is 0 Å². The third kappa shape index (κ3) is 3.87. The number of carboxylic acids is 1. The molecule has 0 amide bonds. The summed E-state index contributed by atoms with van der Waals surface area (Å²) in [7, 11) is 1.89. The van der Waals surface area contributed by atoms with E-state index in [9.17, 15) is 4.79 Å². The van der Waals surface area contributed by atoms with E-state index in [2.05, 4.69) is 5.32 Å². The van der Waals surface area contributed by atoms with E-state index < -0.39 is 5.97 Å². The molecular formula is C12H17NO2S. The summed E-state index contributed by atoms with van der Waals surface area (Å²) >= 11 is 1.41. The number of hydrogen-bond acceptors (Lipinski definition) is 3. The predicted molar refractivity (Wildman–Crippen MR) is 66.8 cm³/mol. The number of hydrogen-bond donors (Lipinski definition) is 2. The molecule has 0 aliphatic rings. The molecule has 0 bridgehead atoms. The molecule has 1 unspecified atom stereocenters. The van der Waals surface area contributed by atoms with E-state index in [1.54, 1.807) is 0 Å². The first-order valence-electron chi connectivity index (χ1n) is 5.30. The minimum atomic E-state index is -0.744. The monoisotopic (exact) mass is 239 g/mol. The predicted octanol–water partition coefficient (Wildman–Crippen LogP) is 2.36. The van der Waals surface area contributed by atoms with E-state index in [1.165, 1.54) is 17.3 Å². The molecule has 0 aromatic heterocycles. The Hall–Kier alpha value is -1.00. The fraction of sp³-hybridized carbons (Fsp3) is 0.417. The van der Waals surface area contributed by atoms with Crippen LogP contribution in [-0.4, -0.2) is 23.4 Å². The number of carboxylic acid groups (broad SMARTS) is 1. The summed E-state index contributed by atoms with van der Waals surface area (Å²) in [5.74, 6) is -0.744. The molecule has 0 heterocycles. The highest BCUT2D eigenvalue weighted by molar-refractivity contribution is 8.00. The molecule has 0 saturated heterocycles. The quantitative estimate of drug-likeness (QED) is 0.748. The van der Waals surface area contributed by atoms with Gasteiger partial charge in [0.25, 0.3) is 0 Å². The molecule has 0 aliphatic carbocycles. The van der Waals surface area contributed by atoms with Gasteiger partial charge < -0.3 is 10.4 Å². The Morgan fingerprint density at radius 1 is 1.56 bits per heavy atom. The van der Waals surface area contributed by atoms with Crippen molar-refractivity contribution in [3.8, 4) is 0 Å². The molecule has 1 atom stereocenters. The van der Waals surface area contributed by atoms with Crippen molar-refractivity contribution in [3.05, 3.63) is 29.8 Å². The summed E-state index contributed by atoms with van der Waals surface area (Å²) in [5.41, 5.74) is 1.17. The topological polar surface area (TPSA) is 49.3 Å². The third-order valence-corrected chi connectivity index (χ3v) is 3.55. The van der Waals surface area contributed by atoms with Crippen LogP contribution in [0.3, 0.4) is 0 Å². The van der Waals surface area contributed by atoms with Gasteiger partial charge in [-0.2, -0.15) is 0 Å². The zero-order valence-electron chi connectivity index (χ0n) is 9.56. The molecule has 0 saturated carbocycles. The largest absolute Gasteiger partial charge is 0.480 e. The number of benzene rings is 1. The second kappa shape index (κ2) is 6.55. The number of carbonyl (C=O) groups is 1. The Kier molecular flexibility index (Phi) is 5.35. The van der Waals surface area contributed by atoms with Crippen molar-refractivity contribution in [2.45, 2.75) is 30.0 Å². The standard InChI is InChI=1S/C12H17NO2S/c1-3-11(12(14)15)16-10-6-4-5-9(7-10)8-13-2/h4-7,11,13H,3,8H2,1-2H3,(H,14,15). The Labute approximate surface area is 100 Å². The van der Waals surface area contributed by atoms with Gasteiger partial charge in [-0.1, -0.05) is 19.1 Å². The summed E-state index contributed by atoms with van der Waals surface area (Å²) in [6.45, 7) is 2.70. The Morgan fingerprint density at radius 2 is 2.31 bits per heavy atom. The highest BCUT2D eigenvalue weighted by atomic mass is 32.2. The lowest BCUT2D eigenvalue weighted by molar-refractivity contribution is -0.136. The summed E-state index contributed by atoms with van der Waals surface area (Å²) in [5, 5.41) is 11.7. The summed E-state index contributed by atoms with van der Waals surface area (Å²) < 4.78 is 0. The molecular weight excluding hydrogens is 222 g/mol. The van der Waals surface area contributed by atoms with Crippen LogP contribution < -0.4 is 5.32 Å². The van der Waals surface area contributed by atoms with Crippen LogP contribution in [0, 0.1) is 0 Å². The van der Waals surface area contributed by atoms with Gasteiger partial charge in [-0.05, 0) is 31.2 Å². The van der Waals surface area contributed by atoms with Gasteiger partial charge in [0.15, 0.2) is 0 Å². The second-order valence-electron chi connectivity index (χ2n) is 3.53. The number of nitrogens with one attached hydrogen (secondary N) is 1. The number of thioether (sulfide) groups is 1. The van der Waals surface area contributed by atoms with Crippen molar-refractivity contribution in [1.29, 1.82) is 0 Å². The SMILES string of the molecule is CCC(Sc1cccc(CNC)c1)C(=O)O. The van der Waals surface area contributed by atoms with E-state index in [-0.39, 0.29) is 5.25 Å². The van der Waals surface area contributed by atoms with E-state index >= 15 is 0 Å². The molecule has 0 aliphatic heterocycles. The van der Waals surface area contributed by atoms with Crippen LogP contribution in [0.1, 0.15) is 18.9 Å². The highest BCUT2D eigenvalue weighted by Gasteiger charge is 2.16. The summed E-state index contributed by atoms with van der Waals surface area (Å²) in [6.07, 6.45) is 0.635. The maximum atomic E-state index is 10.9. The van der Waals surface area contributed by atoms with Crippen LogP contribution in [0.5, 0.6) is 0 Å². The third-order valence-electron chi connectivity index (χ3n) is 2.20. The van der Waals surface area contributed by atoms with Crippen molar-refractivity contribution in [1.82, 2.24) is 5.32 Å². The van der Waals surface area contributed by atoms with Gasteiger partial charge in [-0.15, -0.1) is 11.8 Å². The van der Waals surface area contributed by atoms with E-state index in [0.29, 0.717) is 6.42 Å². The maximum absolute atomic E-state index is 10.9. The van der Waals surface area contributed by atoms with Gasteiger partial charge in [-0.25, -0.2) is 0 Å². The van der Waals surface area contributed by atoms with Crippen LogP contribution in [0.25, 0.3) is 0 Å². The van der Waals surface area contributed by atoms with Crippen LogP contribution in [-0.2, 0) is 11.3 Å². The van der Waals surface area contributed by atoms with Crippen LogP contribution in [0.4, 0.5) is 0 Å². The lowest BCUT2D eigenvalue weighted by Gasteiger charge is -2.10. The molecule has 16 heavy (non-hydrogen) atoms. The summed E-state index contributed by atoms with van der Waals surface area (Å²) in [6, 6.07) is 7.98. The van der Waals surface area contributed by atoms with Gasteiger partial charge in [0, 0.05) is 11.4 Å². The first-order valence-corrected chi connectivity index (χ1v) is 6.18. The highest BCUT2D eigenvalue weighted by Crippen LogP contribution is 2.26. The molecule has 0 radical (unpaired) electrons. The molecule has 3 nitrogen and oxygen atoms in total. The minimum Gasteiger partial charge on any atom is -0.480 e. The smallest absolute Gasteiger partial charge is 0.316 e. The zero-order chi connectivity index (χ0) is 12.0. The van der Waals surface area contributed by atoms with Gasteiger partial charge in [0.05, 0.1) is 0 Å². The summed E-state index contributed by atoms with van der Waals surface area (Å²) in [4.78, 5) is 11.9. The maximum Gasteiger partial charge on any atom is 0.316 e. The van der Waals surface area contributed by atoms with Crippen molar-refractivity contribution < 1.29 is 9.90 Å². The van der Waals surface area contributed by atoms with Crippen LogP contribution >= 0.6 is 11.8 Å². The molecule has 2 N–H and O–H groups in total. The number of aliphatic carboxylic acids is 1. The molecule has 0 fully saturated rings. The van der Waals surface area contributed by atoms with Crippen molar-refractivity contribution >= 4 is 17.7 Å². The van der Waals surface area contributed by atoms with Crippen molar-refractivity contribution in [3.63, 3.8) is 0 Å². The number of rotatable bonds is 6. The van der Waals surface area contributed by atoms with E-state index in [1.807, 2.05) is 38.2 Å². The van der Waals surface area contributed by atoms with Crippen LogP contribution in [0.15, 0.2) is 29.2 Å². The normalized spacial score (nSPS) is 12.4.